The number of primary amides is 1. The number of nitrogens with zero attached hydrogens (tertiary/aromatic N) is 3. The van der Waals surface area contributed by atoms with Gasteiger partial charge in [-0.15, -0.1) is 0 Å². The van der Waals surface area contributed by atoms with Crippen LogP contribution in [0.15, 0.2) is 59.7 Å². The van der Waals surface area contributed by atoms with Crippen molar-refractivity contribution in [2.45, 2.75) is 13.8 Å². The number of rotatable bonds is 4. The summed E-state index contributed by atoms with van der Waals surface area (Å²) in [6.07, 6.45) is 3.43. The summed E-state index contributed by atoms with van der Waals surface area (Å²) >= 11 is 5.95. The van der Waals surface area contributed by atoms with Crippen LogP contribution in [0.5, 0.6) is 0 Å². The molecule has 8 heteroatoms. The Hall–Kier alpha value is -3.97. The van der Waals surface area contributed by atoms with Crippen molar-refractivity contribution in [2.75, 3.05) is 16.9 Å². The molecule has 1 aromatic heterocycles. The van der Waals surface area contributed by atoms with Crippen molar-refractivity contribution in [1.29, 1.82) is 0 Å². The predicted molar refractivity (Wildman–Crippen MR) is 135 cm³/mol. The van der Waals surface area contributed by atoms with E-state index in [0.29, 0.717) is 18.1 Å². The third kappa shape index (κ3) is 3.64. The van der Waals surface area contributed by atoms with Gasteiger partial charge in [0.25, 0.3) is 5.91 Å². The van der Waals surface area contributed by atoms with Gasteiger partial charge in [0.1, 0.15) is 12.5 Å². The summed E-state index contributed by atoms with van der Waals surface area (Å²) in [7, 11) is 0. The Labute approximate surface area is 200 Å². The largest absolute Gasteiger partial charge is 0.366 e. The van der Waals surface area contributed by atoms with Gasteiger partial charge in [0.05, 0.1) is 27.6 Å². The number of anilines is 4. The Bertz CT molecular complexity index is 1500. The topological polar surface area (TPSA) is 83.6 Å². The van der Waals surface area contributed by atoms with E-state index in [1.54, 1.807) is 30.6 Å². The highest BCUT2D eigenvalue weighted by molar-refractivity contribution is 6.31. The van der Waals surface area contributed by atoms with Crippen molar-refractivity contribution in [2.24, 2.45) is 10.7 Å². The second-order valence-corrected chi connectivity index (χ2v) is 8.62. The van der Waals surface area contributed by atoms with Gasteiger partial charge in [-0.05, 0) is 55.3 Å². The van der Waals surface area contributed by atoms with E-state index < -0.39 is 11.7 Å². The molecule has 5 rings (SSSR count). The van der Waals surface area contributed by atoms with Gasteiger partial charge in [-0.3, -0.25) is 9.79 Å². The number of carbonyl (C=O) groups is 1. The third-order valence-electron chi connectivity index (χ3n) is 5.87. The summed E-state index contributed by atoms with van der Waals surface area (Å²) in [6.45, 7) is 4.24. The number of nitrogens with one attached hydrogen (secondary N) is 1. The van der Waals surface area contributed by atoms with Crippen molar-refractivity contribution < 1.29 is 9.18 Å². The van der Waals surface area contributed by atoms with Gasteiger partial charge in [0, 0.05) is 28.7 Å². The maximum absolute atomic E-state index is 14.5. The molecule has 4 aromatic rings. The van der Waals surface area contributed by atoms with Crippen LogP contribution < -0.4 is 16.0 Å². The molecule has 2 heterocycles. The number of aliphatic imine (C=N–C) groups is 1. The standard InChI is InChI=1S/C26H21ClFN5O/c1-14-10-16-12-30-13-33(24(16)19(11-14)25(29)34)23-15(2)6-7-18-17(23)8-9-31-26(18)32-21-5-3-4-20(27)22(21)28/h3-12H,13H2,1-2H3,(H2,29,34)(H,31,32). The first kappa shape index (κ1) is 21.9. The van der Waals surface area contributed by atoms with E-state index in [1.165, 1.54) is 6.07 Å². The number of fused-ring (bicyclic) bond motifs is 2. The van der Waals surface area contributed by atoms with Crippen LogP contribution in [0.25, 0.3) is 10.8 Å². The normalized spacial score (nSPS) is 12.6. The maximum Gasteiger partial charge on any atom is 0.250 e. The fourth-order valence-corrected chi connectivity index (χ4v) is 4.58. The molecular weight excluding hydrogens is 453 g/mol. The van der Waals surface area contributed by atoms with Crippen molar-refractivity contribution in [3.8, 4) is 0 Å². The van der Waals surface area contributed by atoms with Crippen molar-refractivity contribution >= 4 is 57.4 Å². The number of carbonyl (C=O) groups excluding carboxylic acids is 1. The van der Waals surface area contributed by atoms with Crippen LogP contribution in [0.4, 0.5) is 27.3 Å². The van der Waals surface area contributed by atoms with Gasteiger partial charge in [-0.25, -0.2) is 9.37 Å². The molecule has 0 fully saturated rings. The van der Waals surface area contributed by atoms with Crippen molar-refractivity contribution in [1.82, 2.24) is 4.98 Å². The van der Waals surface area contributed by atoms with Gasteiger partial charge in [-0.1, -0.05) is 29.8 Å². The zero-order valence-electron chi connectivity index (χ0n) is 18.6. The summed E-state index contributed by atoms with van der Waals surface area (Å²) in [5.41, 5.74) is 10.8. The Morgan fingerprint density at radius 3 is 2.74 bits per heavy atom. The zero-order valence-corrected chi connectivity index (χ0v) is 19.3. The molecule has 0 bridgehead atoms. The lowest BCUT2D eigenvalue weighted by molar-refractivity contribution is 0.100. The number of aromatic nitrogens is 1. The van der Waals surface area contributed by atoms with Gasteiger partial charge < -0.3 is 16.0 Å². The number of aryl methyl sites for hydroxylation is 2. The number of hydrogen-bond acceptors (Lipinski definition) is 5. The van der Waals surface area contributed by atoms with E-state index in [4.69, 9.17) is 17.3 Å². The van der Waals surface area contributed by atoms with Gasteiger partial charge in [-0.2, -0.15) is 0 Å². The fourth-order valence-electron chi connectivity index (χ4n) is 4.40. The maximum atomic E-state index is 14.5. The van der Waals surface area contributed by atoms with E-state index in [0.717, 1.165) is 38.8 Å². The second kappa shape index (κ2) is 8.43. The van der Waals surface area contributed by atoms with Crippen LogP contribution in [-0.2, 0) is 0 Å². The number of benzene rings is 3. The molecule has 0 unspecified atom stereocenters. The number of pyridine rings is 1. The number of halogens is 2. The van der Waals surface area contributed by atoms with Gasteiger partial charge in [0.2, 0.25) is 0 Å². The first-order valence-corrected chi connectivity index (χ1v) is 11.0. The van der Waals surface area contributed by atoms with E-state index in [2.05, 4.69) is 15.3 Å². The molecule has 6 nitrogen and oxygen atoms in total. The summed E-state index contributed by atoms with van der Waals surface area (Å²) in [4.78, 5) is 23.3. The third-order valence-corrected chi connectivity index (χ3v) is 6.16. The lowest BCUT2D eigenvalue weighted by Crippen LogP contribution is -2.27. The van der Waals surface area contributed by atoms with Crippen LogP contribution in [0.1, 0.15) is 27.0 Å². The molecule has 0 spiro atoms. The molecule has 0 aliphatic carbocycles. The highest BCUT2D eigenvalue weighted by Crippen LogP contribution is 2.41. The summed E-state index contributed by atoms with van der Waals surface area (Å²) in [6, 6.07) is 14.3. The van der Waals surface area contributed by atoms with Crippen LogP contribution in [0.3, 0.4) is 0 Å². The quantitative estimate of drug-likeness (QED) is 0.380. The predicted octanol–water partition coefficient (Wildman–Crippen LogP) is 6.01. The zero-order chi connectivity index (χ0) is 24.0. The minimum absolute atomic E-state index is 0.0267. The van der Waals surface area contributed by atoms with Crippen LogP contribution in [0, 0.1) is 19.7 Å². The lowest BCUT2D eigenvalue weighted by Gasteiger charge is -2.32. The number of hydrogen-bond donors (Lipinski definition) is 2. The monoisotopic (exact) mass is 473 g/mol. The molecule has 1 aliphatic heterocycles. The SMILES string of the molecule is Cc1cc2c(c(C(N)=O)c1)N(c1c(C)ccc3c(Nc4cccc(Cl)c4F)nccc13)CN=C2. The molecule has 1 aliphatic rings. The Morgan fingerprint density at radius 1 is 1.12 bits per heavy atom. The molecule has 3 aromatic carbocycles. The Kier molecular flexibility index (Phi) is 5.42. The second-order valence-electron chi connectivity index (χ2n) is 8.21. The Morgan fingerprint density at radius 2 is 1.94 bits per heavy atom. The van der Waals surface area contributed by atoms with E-state index in [-0.39, 0.29) is 10.7 Å². The first-order chi connectivity index (χ1) is 16.3. The van der Waals surface area contributed by atoms with Crippen LogP contribution in [0.2, 0.25) is 5.02 Å². The van der Waals surface area contributed by atoms with E-state index in [1.807, 2.05) is 43.0 Å². The van der Waals surface area contributed by atoms with Crippen molar-refractivity contribution in [3.63, 3.8) is 0 Å². The molecule has 0 saturated heterocycles. The summed E-state index contributed by atoms with van der Waals surface area (Å²) in [5, 5.41) is 4.75. The number of nitrogens with two attached hydrogens (primary N) is 1. The highest BCUT2D eigenvalue weighted by Gasteiger charge is 2.25. The molecule has 0 saturated carbocycles. The number of amides is 1. The molecule has 170 valence electrons. The lowest BCUT2D eigenvalue weighted by atomic mass is 9.98. The average Bonchev–Trinajstić information content (AvgIpc) is 2.81. The molecule has 0 radical (unpaired) electrons. The smallest absolute Gasteiger partial charge is 0.250 e. The van der Waals surface area contributed by atoms with Crippen LogP contribution >= 0.6 is 11.6 Å². The summed E-state index contributed by atoms with van der Waals surface area (Å²) in [5.74, 6) is -0.561. The fraction of sp³-hybridized carbons (Fsp3) is 0.115. The van der Waals surface area contributed by atoms with Gasteiger partial charge >= 0.3 is 0 Å². The highest BCUT2D eigenvalue weighted by atomic mass is 35.5. The minimum Gasteiger partial charge on any atom is -0.366 e. The molecule has 0 atom stereocenters. The van der Waals surface area contributed by atoms with Gasteiger partial charge in [0.15, 0.2) is 5.82 Å². The molecule has 1 amide bonds. The van der Waals surface area contributed by atoms with Crippen LogP contribution in [-0.4, -0.2) is 23.8 Å². The van der Waals surface area contributed by atoms with Crippen molar-refractivity contribution in [3.05, 3.63) is 87.8 Å². The van der Waals surface area contributed by atoms with E-state index >= 15 is 0 Å². The molecular formula is C26H21ClFN5O. The molecule has 3 N–H and O–H groups in total. The molecule has 34 heavy (non-hydrogen) atoms. The average molecular weight is 474 g/mol. The Balaban J connectivity index is 1.71. The summed E-state index contributed by atoms with van der Waals surface area (Å²) < 4.78 is 14.5. The minimum atomic E-state index is -0.545. The first-order valence-electron chi connectivity index (χ1n) is 10.7. The van der Waals surface area contributed by atoms with E-state index in [9.17, 15) is 9.18 Å².